The maximum Gasteiger partial charge on any atom is 0.259 e. The standard InChI is InChI=1S/C19H25N3O2/c1-2-7-15-17-14(19(23)22-10-5-3-4-6-11-22)12-16(13-8-9-13)20-18(17)24-21-15/h12-13H,2-11H2,1H3. The summed E-state index contributed by atoms with van der Waals surface area (Å²) in [4.78, 5) is 19.9. The third kappa shape index (κ3) is 2.92. The Bertz CT molecular complexity index is 740. The molecule has 2 aliphatic rings. The molecule has 0 spiro atoms. The second-order valence-corrected chi connectivity index (χ2v) is 7.13. The van der Waals surface area contributed by atoms with Crippen LogP contribution in [0.15, 0.2) is 10.6 Å². The van der Waals surface area contributed by atoms with Crippen LogP contribution in [0.25, 0.3) is 11.1 Å². The topological polar surface area (TPSA) is 59.2 Å². The SMILES string of the molecule is CCCc1noc2nc(C3CC3)cc(C(=O)N3CCCCCC3)c12. The van der Waals surface area contributed by atoms with Crippen LogP contribution in [0.4, 0.5) is 0 Å². The van der Waals surface area contributed by atoms with Crippen molar-refractivity contribution < 1.29 is 9.32 Å². The summed E-state index contributed by atoms with van der Waals surface area (Å²) in [5.41, 5.74) is 3.18. The van der Waals surface area contributed by atoms with E-state index in [0.717, 1.165) is 74.0 Å². The number of amides is 1. The zero-order valence-corrected chi connectivity index (χ0v) is 14.4. The van der Waals surface area contributed by atoms with Gasteiger partial charge in [-0.25, -0.2) is 4.98 Å². The first-order chi connectivity index (χ1) is 11.8. The van der Waals surface area contributed by atoms with Crippen LogP contribution < -0.4 is 0 Å². The lowest BCUT2D eigenvalue weighted by molar-refractivity contribution is 0.0763. The Morgan fingerprint density at radius 3 is 2.67 bits per heavy atom. The van der Waals surface area contributed by atoms with Crippen LogP contribution in [0.5, 0.6) is 0 Å². The molecular weight excluding hydrogens is 302 g/mol. The highest BCUT2D eigenvalue weighted by Crippen LogP contribution is 2.40. The van der Waals surface area contributed by atoms with Crippen LogP contribution in [0, 0.1) is 0 Å². The van der Waals surface area contributed by atoms with Gasteiger partial charge in [-0.3, -0.25) is 4.79 Å². The van der Waals surface area contributed by atoms with E-state index in [1.807, 2.05) is 11.0 Å². The predicted octanol–water partition coefficient (Wildman–Crippen LogP) is 4.07. The number of rotatable bonds is 4. The summed E-state index contributed by atoms with van der Waals surface area (Å²) in [6.45, 7) is 3.83. The third-order valence-corrected chi connectivity index (χ3v) is 5.14. The Kier molecular flexibility index (Phi) is 4.25. The molecule has 2 fully saturated rings. The molecule has 0 aromatic carbocycles. The van der Waals surface area contributed by atoms with Gasteiger partial charge in [0.25, 0.3) is 11.6 Å². The molecule has 1 saturated heterocycles. The van der Waals surface area contributed by atoms with Crippen LogP contribution in [0.2, 0.25) is 0 Å². The van der Waals surface area contributed by atoms with Gasteiger partial charge in [0.2, 0.25) is 0 Å². The van der Waals surface area contributed by atoms with Crippen LogP contribution in [-0.2, 0) is 6.42 Å². The molecule has 0 unspecified atom stereocenters. The van der Waals surface area contributed by atoms with Crippen LogP contribution in [0.3, 0.4) is 0 Å². The highest BCUT2D eigenvalue weighted by atomic mass is 16.5. The normalized spacial score (nSPS) is 18.8. The number of fused-ring (bicyclic) bond motifs is 1. The molecule has 4 rings (SSSR count). The van der Waals surface area contributed by atoms with Crippen molar-refractivity contribution in [2.24, 2.45) is 0 Å². The van der Waals surface area contributed by atoms with Crippen molar-refractivity contribution in [3.8, 4) is 0 Å². The van der Waals surface area contributed by atoms with Crippen LogP contribution >= 0.6 is 0 Å². The predicted molar refractivity (Wildman–Crippen MR) is 92.1 cm³/mol. The van der Waals surface area contributed by atoms with E-state index in [4.69, 9.17) is 4.52 Å². The van der Waals surface area contributed by atoms with Gasteiger partial charge in [-0.15, -0.1) is 0 Å². The van der Waals surface area contributed by atoms with Crippen molar-refractivity contribution >= 4 is 17.0 Å². The molecule has 128 valence electrons. The first kappa shape index (κ1) is 15.6. The van der Waals surface area contributed by atoms with Crippen molar-refractivity contribution in [3.63, 3.8) is 0 Å². The number of pyridine rings is 1. The van der Waals surface area contributed by atoms with Crippen LogP contribution in [0.1, 0.15) is 79.5 Å². The number of likely N-dealkylation sites (tertiary alicyclic amines) is 1. The molecule has 5 heteroatoms. The summed E-state index contributed by atoms with van der Waals surface area (Å²) in [5.74, 6) is 0.622. The third-order valence-electron chi connectivity index (χ3n) is 5.14. The largest absolute Gasteiger partial charge is 0.339 e. The highest BCUT2D eigenvalue weighted by Gasteiger charge is 2.30. The van der Waals surface area contributed by atoms with Gasteiger partial charge in [-0.2, -0.15) is 0 Å². The van der Waals surface area contributed by atoms with Crippen molar-refractivity contribution in [2.45, 2.75) is 64.2 Å². The van der Waals surface area contributed by atoms with Crippen molar-refractivity contribution in [3.05, 3.63) is 23.0 Å². The van der Waals surface area contributed by atoms with Gasteiger partial charge in [-0.1, -0.05) is 31.3 Å². The van der Waals surface area contributed by atoms with Gasteiger partial charge in [0.1, 0.15) is 0 Å². The average molecular weight is 327 g/mol. The quantitative estimate of drug-likeness (QED) is 0.849. The van der Waals surface area contributed by atoms with E-state index >= 15 is 0 Å². The molecule has 3 heterocycles. The molecule has 24 heavy (non-hydrogen) atoms. The first-order valence-corrected chi connectivity index (χ1v) is 9.36. The fourth-order valence-electron chi connectivity index (χ4n) is 3.64. The molecule has 2 aromatic rings. The molecule has 1 aliphatic carbocycles. The van der Waals surface area contributed by atoms with E-state index in [0.29, 0.717) is 11.6 Å². The molecule has 2 aromatic heterocycles. The van der Waals surface area contributed by atoms with Crippen molar-refractivity contribution in [2.75, 3.05) is 13.1 Å². The molecule has 1 amide bonds. The van der Waals surface area contributed by atoms with Gasteiger partial charge in [0, 0.05) is 24.7 Å². The summed E-state index contributed by atoms with van der Waals surface area (Å²) in [5, 5.41) is 5.05. The fourth-order valence-corrected chi connectivity index (χ4v) is 3.64. The van der Waals surface area contributed by atoms with Gasteiger partial charge in [0.05, 0.1) is 16.6 Å². The highest BCUT2D eigenvalue weighted by molar-refractivity contribution is 6.06. The minimum atomic E-state index is 0.131. The van der Waals surface area contributed by atoms with Gasteiger partial charge < -0.3 is 9.42 Å². The minimum Gasteiger partial charge on any atom is -0.339 e. The van der Waals surface area contributed by atoms with E-state index in [-0.39, 0.29) is 5.91 Å². The lowest BCUT2D eigenvalue weighted by Gasteiger charge is -2.21. The van der Waals surface area contributed by atoms with Crippen LogP contribution in [-0.4, -0.2) is 34.0 Å². The number of aromatic nitrogens is 2. The number of carbonyl (C=O) groups is 1. The van der Waals surface area contributed by atoms with E-state index in [2.05, 4.69) is 17.1 Å². The van der Waals surface area contributed by atoms with E-state index in [1.54, 1.807) is 0 Å². The number of aryl methyl sites for hydroxylation is 1. The Morgan fingerprint density at radius 2 is 2.00 bits per heavy atom. The smallest absolute Gasteiger partial charge is 0.259 e. The summed E-state index contributed by atoms with van der Waals surface area (Å²) in [6.07, 6.45) is 8.74. The molecule has 0 atom stereocenters. The summed E-state index contributed by atoms with van der Waals surface area (Å²) < 4.78 is 5.49. The summed E-state index contributed by atoms with van der Waals surface area (Å²) >= 11 is 0. The van der Waals surface area contributed by atoms with Crippen molar-refractivity contribution in [1.29, 1.82) is 0 Å². The second-order valence-electron chi connectivity index (χ2n) is 7.13. The molecule has 1 saturated carbocycles. The lowest BCUT2D eigenvalue weighted by atomic mass is 10.0. The molecule has 1 aliphatic heterocycles. The average Bonchev–Trinajstić information content (AvgIpc) is 3.40. The first-order valence-electron chi connectivity index (χ1n) is 9.36. The number of hydrogen-bond acceptors (Lipinski definition) is 4. The monoisotopic (exact) mass is 327 g/mol. The fraction of sp³-hybridized carbons (Fsp3) is 0.632. The Labute approximate surface area is 142 Å². The molecular formula is C19H25N3O2. The Hall–Kier alpha value is -1.91. The number of nitrogens with zero attached hydrogens (tertiary/aromatic N) is 3. The maximum absolute atomic E-state index is 13.2. The maximum atomic E-state index is 13.2. The number of hydrogen-bond donors (Lipinski definition) is 0. The molecule has 0 bridgehead atoms. The molecule has 0 radical (unpaired) electrons. The van der Waals surface area contributed by atoms with Crippen molar-refractivity contribution in [1.82, 2.24) is 15.0 Å². The van der Waals surface area contributed by atoms with Gasteiger partial charge in [-0.05, 0) is 38.2 Å². The van der Waals surface area contributed by atoms with E-state index < -0.39 is 0 Å². The van der Waals surface area contributed by atoms with Gasteiger partial charge in [0.15, 0.2) is 0 Å². The lowest BCUT2D eigenvalue weighted by Crippen LogP contribution is -2.32. The Balaban J connectivity index is 1.78. The minimum absolute atomic E-state index is 0.131. The second kappa shape index (κ2) is 6.54. The molecule has 5 nitrogen and oxygen atoms in total. The van der Waals surface area contributed by atoms with Gasteiger partial charge >= 0.3 is 0 Å². The zero-order valence-electron chi connectivity index (χ0n) is 14.4. The molecule has 0 N–H and O–H groups in total. The number of carbonyl (C=O) groups excluding carboxylic acids is 1. The summed E-state index contributed by atoms with van der Waals surface area (Å²) in [7, 11) is 0. The van der Waals surface area contributed by atoms with E-state index in [1.165, 1.54) is 12.8 Å². The van der Waals surface area contributed by atoms with E-state index in [9.17, 15) is 4.79 Å². The zero-order chi connectivity index (χ0) is 16.5. The Morgan fingerprint density at radius 1 is 1.25 bits per heavy atom. The summed E-state index contributed by atoms with van der Waals surface area (Å²) in [6, 6.07) is 2.02.